The smallest absolute Gasteiger partial charge is 0.416 e. The Morgan fingerprint density at radius 2 is 2.00 bits per heavy atom. The molecule has 1 saturated carbocycles. The Morgan fingerprint density at radius 1 is 1.24 bits per heavy atom. The summed E-state index contributed by atoms with van der Waals surface area (Å²) >= 11 is 0. The van der Waals surface area contributed by atoms with Gasteiger partial charge in [-0.1, -0.05) is 24.3 Å². The quantitative estimate of drug-likeness (QED) is 0.0920. The summed E-state index contributed by atoms with van der Waals surface area (Å²) in [5.74, 6) is -1.59. The standard InChI is InChI=1S/C24H29F4O5P/c1-31-23(30)10-5-3-2-4-9-20-19(21(25)14-22(20)33-34)12-11-17(29)15-32-18-8-6-7-16(13-18)24(26,27)28/h2,4,6-8,11-13,19-22H,3,5,9-10,14-15,34H2,1H3/b4-2-,12-11+/t19-,20-,21?,22?/m1/s1. The molecule has 188 valence electrons. The number of ether oxygens (including phenoxy) is 2. The van der Waals surface area contributed by atoms with Gasteiger partial charge in [-0.25, -0.2) is 4.39 Å². The molecule has 0 aromatic heterocycles. The Labute approximate surface area is 198 Å². The van der Waals surface area contributed by atoms with Gasteiger partial charge in [0.15, 0.2) is 12.4 Å². The van der Waals surface area contributed by atoms with Crippen LogP contribution in [0.4, 0.5) is 17.6 Å². The van der Waals surface area contributed by atoms with Crippen LogP contribution in [0.2, 0.25) is 0 Å². The van der Waals surface area contributed by atoms with E-state index in [4.69, 9.17) is 9.26 Å². The van der Waals surface area contributed by atoms with Crippen molar-refractivity contribution in [3.8, 4) is 5.75 Å². The molecule has 5 nitrogen and oxygen atoms in total. The number of allylic oxidation sites excluding steroid dienone is 3. The van der Waals surface area contributed by atoms with Gasteiger partial charge in [0, 0.05) is 28.2 Å². The fraction of sp³-hybridized carbons (Fsp3) is 0.500. The number of esters is 1. The Hall–Kier alpha value is -2.25. The van der Waals surface area contributed by atoms with Gasteiger partial charge in [0.05, 0.1) is 18.8 Å². The minimum absolute atomic E-state index is 0.0764. The number of hydrogen-bond donors (Lipinski definition) is 0. The van der Waals surface area contributed by atoms with E-state index in [0.29, 0.717) is 25.7 Å². The lowest BCUT2D eigenvalue weighted by atomic mass is 9.90. The van der Waals surface area contributed by atoms with Crippen molar-refractivity contribution in [1.82, 2.24) is 0 Å². The van der Waals surface area contributed by atoms with Gasteiger partial charge < -0.3 is 14.0 Å². The summed E-state index contributed by atoms with van der Waals surface area (Å²) in [5, 5.41) is 0. The first-order valence-electron chi connectivity index (χ1n) is 10.9. The minimum atomic E-state index is -4.51. The minimum Gasteiger partial charge on any atom is -0.485 e. The number of unbranched alkanes of at least 4 members (excludes halogenated alkanes) is 1. The van der Waals surface area contributed by atoms with Crippen molar-refractivity contribution >= 4 is 21.2 Å². The first kappa shape index (κ1) is 28.0. The van der Waals surface area contributed by atoms with Crippen LogP contribution >= 0.6 is 9.47 Å². The zero-order valence-electron chi connectivity index (χ0n) is 18.8. The number of halogens is 4. The number of hydrogen-bond acceptors (Lipinski definition) is 5. The van der Waals surface area contributed by atoms with Crippen molar-refractivity contribution in [2.24, 2.45) is 11.8 Å². The van der Waals surface area contributed by atoms with Gasteiger partial charge >= 0.3 is 12.1 Å². The number of methoxy groups -OCH3 is 1. The van der Waals surface area contributed by atoms with E-state index in [1.807, 2.05) is 12.2 Å². The topological polar surface area (TPSA) is 61.8 Å². The number of rotatable bonds is 12. The lowest BCUT2D eigenvalue weighted by molar-refractivity contribution is -0.140. The fourth-order valence-corrected chi connectivity index (χ4v) is 4.13. The van der Waals surface area contributed by atoms with Gasteiger partial charge in [-0.2, -0.15) is 13.2 Å². The van der Waals surface area contributed by atoms with Crippen molar-refractivity contribution in [3.63, 3.8) is 0 Å². The molecule has 3 unspecified atom stereocenters. The zero-order valence-corrected chi connectivity index (χ0v) is 20.0. The summed E-state index contributed by atoms with van der Waals surface area (Å²) in [7, 11) is 3.49. The zero-order chi connectivity index (χ0) is 25.1. The number of carbonyl (C=O) groups is 2. The van der Waals surface area contributed by atoms with Crippen LogP contribution in [0.15, 0.2) is 48.6 Å². The molecule has 0 spiro atoms. The summed E-state index contributed by atoms with van der Waals surface area (Å²) in [6.45, 7) is -0.462. The molecule has 34 heavy (non-hydrogen) atoms. The normalized spacial score (nSPS) is 23.0. The molecular weight excluding hydrogens is 475 g/mol. The molecule has 0 aliphatic heterocycles. The molecule has 5 atom stereocenters. The highest BCUT2D eigenvalue weighted by Gasteiger charge is 2.42. The average Bonchev–Trinajstić information content (AvgIpc) is 3.12. The molecule has 0 heterocycles. The van der Waals surface area contributed by atoms with Crippen molar-refractivity contribution in [2.45, 2.75) is 50.6 Å². The summed E-state index contributed by atoms with van der Waals surface area (Å²) in [6, 6.07) is 4.25. The van der Waals surface area contributed by atoms with Crippen LogP contribution in [-0.4, -0.2) is 37.7 Å². The van der Waals surface area contributed by atoms with Crippen LogP contribution in [0.25, 0.3) is 0 Å². The maximum Gasteiger partial charge on any atom is 0.416 e. The van der Waals surface area contributed by atoms with E-state index in [-0.39, 0.29) is 30.2 Å². The molecule has 1 aromatic rings. The monoisotopic (exact) mass is 504 g/mol. The molecule has 0 bridgehead atoms. The van der Waals surface area contributed by atoms with E-state index in [1.54, 1.807) is 0 Å². The molecule has 10 heteroatoms. The van der Waals surface area contributed by atoms with E-state index < -0.39 is 36.2 Å². The second-order valence-corrected chi connectivity index (χ2v) is 8.25. The Kier molecular flexibility index (Phi) is 11.2. The molecule has 1 aromatic carbocycles. The van der Waals surface area contributed by atoms with Crippen molar-refractivity contribution in [3.05, 3.63) is 54.1 Å². The third-order valence-corrected chi connectivity index (χ3v) is 5.97. The highest BCUT2D eigenvalue weighted by atomic mass is 31.0. The predicted molar refractivity (Wildman–Crippen MR) is 122 cm³/mol. The Bertz CT molecular complexity index is 871. The average molecular weight is 504 g/mol. The maximum atomic E-state index is 14.6. The number of alkyl halides is 4. The van der Waals surface area contributed by atoms with Crippen LogP contribution in [0.3, 0.4) is 0 Å². The van der Waals surface area contributed by atoms with E-state index in [2.05, 4.69) is 14.2 Å². The molecule has 1 aliphatic rings. The second-order valence-electron chi connectivity index (χ2n) is 7.98. The highest BCUT2D eigenvalue weighted by molar-refractivity contribution is 7.09. The van der Waals surface area contributed by atoms with E-state index in [9.17, 15) is 27.2 Å². The molecule has 1 aliphatic carbocycles. The molecule has 2 rings (SSSR count). The lowest BCUT2D eigenvalue weighted by Gasteiger charge is -2.20. The van der Waals surface area contributed by atoms with E-state index in [0.717, 1.165) is 12.1 Å². The van der Waals surface area contributed by atoms with Crippen LogP contribution in [0, 0.1) is 11.8 Å². The predicted octanol–water partition coefficient (Wildman–Crippen LogP) is 5.65. The van der Waals surface area contributed by atoms with Gasteiger partial charge in [-0.05, 0) is 49.5 Å². The van der Waals surface area contributed by atoms with Crippen LogP contribution in [0.5, 0.6) is 5.75 Å². The van der Waals surface area contributed by atoms with Gasteiger partial charge in [0.25, 0.3) is 0 Å². The van der Waals surface area contributed by atoms with Gasteiger partial charge in [0.1, 0.15) is 11.9 Å². The largest absolute Gasteiger partial charge is 0.485 e. The fourth-order valence-electron chi connectivity index (χ4n) is 3.82. The van der Waals surface area contributed by atoms with Crippen molar-refractivity contribution in [1.29, 1.82) is 0 Å². The molecule has 0 amide bonds. The molecule has 0 radical (unpaired) electrons. The number of ketones is 1. The SMILES string of the molecule is COC(=O)CCC/C=C\C[C@H]1C(OP)CC(F)[C@@H]1/C=C/C(=O)COc1cccc(C(F)(F)F)c1. The first-order valence-corrected chi connectivity index (χ1v) is 11.3. The molecular formula is C24H29F4O5P. The highest BCUT2D eigenvalue weighted by Crippen LogP contribution is 2.40. The summed E-state index contributed by atoms with van der Waals surface area (Å²) in [6.07, 6.45) is 2.85. The molecule has 0 saturated heterocycles. The van der Waals surface area contributed by atoms with Gasteiger partial charge in [-0.15, -0.1) is 0 Å². The first-order chi connectivity index (χ1) is 16.2. The Morgan fingerprint density at radius 3 is 2.68 bits per heavy atom. The summed E-state index contributed by atoms with van der Waals surface area (Å²) in [4.78, 5) is 23.3. The third kappa shape index (κ3) is 8.84. The summed E-state index contributed by atoms with van der Waals surface area (Å²) in [5.41, 5.74) is -0.871. The molecule has 0 N–H and O–H groups in total. The van der Waals surface area contributed by atoms with Crippen LogP contribution in [-0.2, 0) is 25.0 Å². The third-order valence-electron chi connectivity index (χ3n) is 5.62. The van der Waals surface area contributed by atoms with Gasteiger partial charge in [-0.3, -0.25) is 9.59 Å². The molecule has 1 fully saturated rings. The number of benzene rings is 1. The number of carbonyl (C=O) groups excluding carboxylic acids is 2. The van der Waals surface area contributed by atoms with Crippen LogP contribution in [0.1, 0.15) is 37.7 Å². The van der Waals surface area contributed by atoms with Crippen molar-refractivity contribution < 1.29 is 41.1 Å². The summed E-state index contributed by atoms with van der Waals surface area (Å²) < 4.78 is 68.1. The Balaban J connectivity index is 1.90. The van der Waals surface area contributed by atoms with E-state index in [1.165, 1.54) is 31.4 Å². The van der Waals surface area contributed by atoms with Gasteiger partial charge in [0.2, 0.25) is 0 Å². The maximum absolute atomic E-state index is 14.6. The van der Waals surface area contributed by atoms with E-state index >= 15 is 0 Å². The van der Waals surface area contributed by atoms with Crippen molar-refractivity contribution in [2.75, 3.05) is 13.7 Å². The van der Waals surface area contributed by atoms with Crippen LogP contribution < -0.4 is 4.74 Å². The lowest BCUT2D eigenvalue weighted by Crippen LogP contribution is -2.20. The second kappa shape index (κ2) is 13.6.